The van der Waals surface area contributed by atoms with Gasteiger partial charge in [-0.2, -0.15) is 0 Å². The van der Waals surface area contributed by atoms with E-state index in [0.717, 1.165) is 18.7 Å². The highest BCUT2D eigenvalue weighted by molar-refractivity contribution is 6.17. The van der Waals surface area contributed by atoms with Crippen molar-refractivity contribution in [3.8, 4) is 0 Å². The van der Waals surface area contributed by atoms with Crippen molar-refractivity contribution in [3.63, 3.8) is 0 Å². The first-order valence-electron chi connectivity index (χ1n) is 9.66. The van der Waals surface area contributed by atoms with Crippen LogP contribution in [0.3, 0.4) is 0 Å². The lowest BCUT2D eigenvalue weighted by atomic mass is 9.96. The summed E-state index contributed by atoms with van der Waals surface area (Å²) in [6, 6.07) is 8.89. The van der Waals surface area contributed by atoms with Gasteiger partial charge in [0.05, 0.1) is 6.10 Å². The summed E-state index contributed by atoms with van der Waals surface area (Å²) in [5.74, 6) is 0.770. The Labute approximate surface area is 147 Å². The number of aryl methyl sites for hydroxylation is 1. The Morgan fingerprint density at radius 2 is 1.65 bits per heavy atom. The zero-order valence-corrected chi connectivity index (χ0v) is 15.5. The lowest BCUT2D eigenvalue weighted by Gasteiger charge is -2.07. The zero-order valence-electron chi connectivity index (χ0n) is 14.7. The molecule has 2 unspecified atom stereocenters. The molecule has 1 saturated heterocycles. The average molecular weight is 337 g/mol. The Bertz CT molecular complexity index is 432. The number of rotatable bonds is 13. The molecule has 0 aromatic heterocycles. The maximum atomic E-state index is 5.92. The van der Waals surface area contributed by atoms with Crippen LogP contribution in [0.25, 0.3) is 0 Å². The lowest BCUT2D eigenvalue weighted by Crippen LogP contribution is -1.96. The highest BCUT2D eigenvalue weighted by Gasteiger charge is 2.40. The molecule has 0 bridgehead atoms. The second-order valence-electron chi connectivity index (χ2n) is 6.85. The van der Waals surface area contributed by atoms with Crippen LogP contribution in [-0.4, -0.2) is 12.0 Å². The number of unbranched alkanes of at least 4 members (excludes halogenated alkanes) is 7. The summed E-state index contributed by atoms with van der Waals surface area (Å²) in [5.41, 5.74) is 2.94. The van der Waals surface area contributed by atoms with Gasteiger partial charge < -0.3 is 4.74 Å². The number of hydrogen-bond acceptors (Lipinski definition) is 1. The predicted octanol–water partition coefficient (Wildman–Crippen LogP) is 6.83. The molecule has 0 N–H and O–H groups in total. The quantitative estimate of drug-likeness (QED) is 0.218. The maximum Gasteiger partial charge on any atom is 0.109 e. The van der Waals surface area contributed by atoms with Crippen LogP contribution in [0.4, 0.5) is 0 Å². The molecule has 1 aromatic rings. The van der Waals surface area contributed by atoms with E-state index < -0.39 is 0 Å². The van der Waals surface area contributed by atoms with E-state index in [1.807, 2.05) is 0 Å². The fourth-order valence-corrected chi connectivity index (χ4v) is 3.58. The standard InChI is InChI=1S/C21H33ClO/c1-2-3-4-5-6-7-8-13-18-14-9-10-15-19(18)21-20(23-21)16-11-12-17-22/h9-10,14-15,20-21H,2-8,11-13,16-17H2,1H3. The third-order valence-electron chi connectivity index (χ3n) is 4.87. The SMILES string of the molecule is CCCCCCCCCc1ccccc1C1OC1CCCCCl. The molecule has 23 heavy (non-hydrogen) atoms. The van der Waals surface area contributed by atoms with Crippen LogP contribution in [0.5, 0.6) is 0 Å². The molecule has 0 saturated carbocycles. The highest BCUT2D eigenvalue weighted by atomic mass is 35.5. The summed E-state index contributed by atoms with van der Waals surface area (Å²) in [6.45, 7) is 2.28. The average Bonchev–Trinajstić information content (AvgIpc) is 3.34. The first kappa shape index (κ1) is 18.8. The van der Waals surface area contributed by atoms with Gasteiger partial charge in [0.1, 0.15) is 6.10 Å². The Morgan fingerprint density at radius 3 is 2.43 bits per heavy atom. The Hall–Kier alpha value is -0.530. The number of benzene rings is 1. The third kappa shape index (κ3) is 6.85. The van der Waals surface area contributed by atoms with Gasteiger partial charge in [-0.3, -0.25) is 0 Å². The van der Waals surface area contributed by atoms with E-state index in [4.69, 9.17) is 16.3 Å². The molecule has 0 amide bonds. The van der Waals surface area contributed by atoms with Crippen LogP contribution in [0.2, 0.25) is 0 Å². The van der Waals surface area contributed by atoms with Gasteiger partial charge in [-0.15, -0.1) is 11.6 Å². The van der Waals surface area contributed by atoms with Crippen molar-refractivity contribution >= 4 is 11.6 Å². The maximum absolute atomic E-state index is 5.92. The van der Waals surface area contributed by atoms with E-state index in [9.17, 15) is 0 Å². The monoisotopic (exact) mass is 336 g/mol. The first-order valence-corrected chi connectivity index (χ1v) is 10.2. The zero-order chi connectivity index (χ0) is 16.3. The van der Waals surface area contributed by atoms with Gasteiger partial charge in [0.2, 0.25) is 0 Å². The minimum atomic E-state index is 0.353. The molecule has 1 aromatic carbocycles. The summed E-state index contributed by atoms with van der Waals surface area (Å²) in [6.07, 6.45) is 15.1. The van der Waals surface area contributed by atoms with Crippen molar-refractivity contribution in [1.82, 2.24) is 0 Å². The molecule has 1 nitrogen and oxygen atoms in total. The normalized spacial score (nSPS) is 19.9. The van der Waals surface area contributed by atoms with Crippen molar-refractivity contribution in [2.45, 2.75) is 89.8 Å². The van der Waals surface area contributed by atoms with Crippen LogP contribution >= 0.6 is 11.6 Å². The molecule has 1 fully saturated rings. The fraction of sp³-hybridized carbons (Fsp3) is 0.714. The second-order valence-corrected chi connectivity index (χ2v) is 7.23. The van der Waals surface area contributed by atoms with Gasteiger partial charge in [0.15, 0.2) is 0 Å². The minimum Gasteiger partial charge on any atom is -0.364 e. The number of hydrogen-bond donors (Lipinski definition) is 0. The number of halogens is 1. The van der Waals surface area contributed by atoms with Crippen LogP contribution in [0.15, 0.2) is 24.3 Å². The summed E-state index contributed by atoms with van der Waals surface area (Å²) < 4.78 is 5.92. The molecular formula is C21H33ClO. The molecular weight excluding hydrogens is 304 g/mol. The van der Waals surface area contributed by atoms with Crippen LogP contribution < -0.4 is 0 Å². The van der Waals surface area contributed by atoms with Gasteiger partial charge in [0.25, 0.3) is 0 Å². The minimum absolute atomic E-state index is 0.353. The smallest absolute Gasteiger partial charge is 0.109 e. The fourth-order valence-electron chi connectivity index (χ4n) is 3.39. The molecule has 0 spiro atoms. The van der Waals surface area contributed by atoms with Gasteiger partial charge in [-0.05, 0) is 43.2 Å². The van der Waals surface area contributed by atoms with E-state index >= 15 is 0 Å². The summed E-state index contributed by atoms with van der Waals surface area (Å²) in [7, 11) is 0. The lowest BCUT2D eigenvalue weighted by molar-refractivity contribution is 0.362. The Morgan fingerprint density at radius 1 is 0.913 bits per heavy atom. The largest absolute Gasteiger partial charge is 0.364 e. The van der Waals surface area contributed by atoms with Crippen molar-refractivity contribution in [2.24, 2.45) is 0 Å². The third-order valence-corrected chi connectivity index (χ3v) is 5.13. The molecule has 2 atom stereocenters. The topological polar surface area (TPSA) is 12.5 Å². The Kier molecular flexibility index (Phi) is 9.07. The molecule has 0 aliphatic carbocycles. The second kappa shape index (κ2) is 11.1. The number of epoxide rings is 1. The summed E-state index contributed by atoms with van der Waals surface area (Å²) >= 11 is 5.75. The van der Waals surface area contributed by atoms with E-state index in [1.54, 1.807) is 0 Å². The highest BCUT2D eigenvalue weighted by Crippen LogP contribution is 2.43. The van der Waals surface area contributed by atoms with Gasteiger partial charge in [-0.1, -0.05) is 69.7 Å². The van der Waals surface area contributed by atoms with Crippen molar-refractivity contribution in [3.05, 3.63) is 35.4 Å². The molecule has 1 heterocycles. The van der Waals surface area contributed by atoms with E-state index in [2.05, 4.69) is 31.2 Å². The molecule has 2 heteroatoms. The Balaban J connectivity index is 1.69. The van der Waals surface area contributed by atoms with E-state index in [1.165, 1.54) is 68.9 Å². The van der Waals surface area contributed by atoms with Crippen molar-refractivity contribution in [2.75, 3.05) is 5.88 Å². The number of alkyl halides is 1. The molecule has 1 aliphatic rings. The van der Waals surface area contributed by atoms with Crippen molar-refractivity contribution in [1.29, 1.82) is 0 Å². The van der Waals surface area contributed by atoms with Gasteiger partial charge >= 0.3 is 0 Å². The molecule has 130 valence electrons. The predicted molar refractivity (Wildman–Crippen MR) is 100 cm³/mol. The van der Waals surface area contributed by atoms with Crippen LogP contribution in [0.1, 0.15) is 88.4 Å². The molecule has 1 aliphatic heterocycles. The molecule has 0 radical (unpaired) electrons. The molecule has 2 rings (SSSR count). The number of ether oxygens (including phenoxy) is 1. The van der Waals surface area contributed by atoms with E-state index in [0.29, 0.717) is 12.2 Å². The van der Waals surface area contributed by atoms with Crippen LogP contribution in [0, 0.1) is 0 Å². The summed E-state index contributed by atoms with van der Waals surface area (Å²) in [5, 5.41) is 0. The van der Waals surface area contributed by atoms with Gasteiger partial charge in [-0.25, -0.2) is 0 Å². The van der Waals surface area contributed by atoms with Crippen molar-refractivity contribution < 1.29 is 4.74 Å². The van der Waals surface area contributed by atoms with Gasteiger partial charge in [0, 0.05) is 5.88 Å². The van der Waals surface area contributed by atoms with Crippen LogP contribution in [-0.2, 0) is 11.2 Å². The summed E-state index contributed by atoms with van der Waals surface area (Å²) in [4.78, 5) is 0. The first-order chi connectivity index (χ1) is 11.4. The van der Waals surface area contributed by atoms with E-state index in [-0.39, 0.29) is 0 Å².